The molecule has 1 heterocycles. The SMILES string of the molecule is CC1CC=CCC1COC(=O)C1COc2ccccc2C1. The summed E-state index contributed by atoms with van der Waals surface area (Å²) in [7, 11) is 0. The highest BCUT2D eigenvalue weighted by atomic mass is 16.5. The van der Waals surface area contributed by atoms with Crippen molar-refractivity contribution in [3.8, 4) is 5.75 Å². The Labute approximate surface area is 125 Å². The fraction of sp³-hybridized carbons (Fsp3) is 0.500. The smallest absolute Gasteiger partial charge is 0.312 e. The summed E-state index contributed by atoms with van der Waals surface area (Å²) >= 11 is 0. The number of ether oxygens (including phenoxy) is 2. The second-order valence-corrected chi connectivity index (χ2v) is 6.13. The fourth-order valence-electron chi connectivity index (χ4n) is 3.03. The lowest BCUT2D eigenvalue weighted by atomic mass is 9.85. The molecule has 1 aromatic carbocycles. The maximum atomic E-state index is 12.2. The molecule has 3 nitrogen and oxygen atoms in total. The van der Waals surface area contributed by atoms with E-state index in [1.165, 1.54) is 0 Å². The van der Waals surface area contributed by atoms with Gasteiger partial charge in [0.1, 0.15) is 12.4 Å². The van der Waals surface area contributed by atoms with Crippen LogP contribution in [0.2, 0.25) is 0 Å². The van der Waals surface area contributed by atoms with Gasteiger partial charge in [0, 0.05) is 0 Å². The first-order chi connectivity index (χ1) is 10.2. The van der Waals surface area contributed by atoms with Crippen molar-refractivity contribution in [1.29, 1.82) is 0 Å². The lowest BCUT2D eigenvalue weighted by Gasteiger charge is -2.27. The zero-order valence-corrected chi connectivity index (χ0v) is 12.5. The van der Waals surface area contributed by atoms with E-state index >= 15 is 0 Å². The van der Waals surface area contributed by atoms with Gasteiger partial charge < -0.3 is 9.47 Å². The Balaban J connectivity index is 1.54. The Morgan fingerprint density at radius 3 is 2.95 bits per heavy atom. The van der Waals surface area contributed by atoms with E-state index in [0.29, 0.717) is 25.0 Å². The molecule has 1 aliphatic carbocycles. The Bertz CT molecular complexity index is 535. The maximum Gasteiger partial charge on any atom is 0.312 e. The Morgan fingerprint density at radius 2 is 2.10 bits per heavy atom. The number of fused-ring (bicyclic) bond motifs is 1. The van der Waals surface area contributed by atoms with Crippen LogP contribution < -0.4 is 4.74 Å². The molecule has 1 aromatic rings. The Kier molecular flexibility index (Phi) is 4.28. The van der Waals surface area contributed by atoms with Gasteiger partial charge in [-0.1, -0.05) is 37.3 Å². The lowest BCUT2D eigenvalue weighted by molar-refractivity contribution is -0.152. The van der Waals surface area contributed by atoms with Crippen molar-refractivity contribution in [3.63, 3.8) is 0 Å². The first-order valence-corrected chi connectivity index (χ1v) is 7.76. The van der Waals surface area contributed by atoms with E-state index in [2.05, 4.69) is 19.1 Å². The standard InChI is InChI=1S/C18H22O3/c1-13-6-2-3-8-15(13)11-21-18(19)16-10-14-7-4-5-9-17(14)20-12-16/h2-5,7,9,13,15-16H,6,8,10-12H2,1H3. The molecule has 0 aromatic heterocycles. The summed E-state index contributed by atoms with van der Waals surface area (Å²) < 4.78 is 11.2. The largest absolute Gasteiger partial charge is 0.492 e. The number of carbonyl (C=O) groups excluding carboxylic acids is 1. The molecule has 0 amide bonds. The van der Waals surface area contributed by atoms with Gasteiger partial charge >= 0.3 is 5.97 Å². The van der Waals surface area contributed by atoms with Crippen molar-refractivity contribution < 1.29 is 14.3 Å². The van der Waals surface area contributed by atoms with Crippen LogP contribution in [-0.2, 0) is 16.0 Å². The number of para-hydroxylation sites is 1. The predicted octanol–water partition coefficient (Wildman–Crippen LogP) is 3.38. The van der Waals surface area contributed by atoms with E-state index < -0.39 is 0 Å². The van der Waals surface area contributed by atoms with Gasteiger partial charge in [-0.05, 0) is 42.7 Å². The topological polar surface area (TPSA) is 35.5 Å². The molecule has 0 bridgehead atoms. The van der Waals surface area contributed by atoms with Gasteiger partial charge in [-0.2, -0.15) is 0 Å². The molecule has 0 fully saturated rings. The molecular weight excluding hydrogens is 264 g/mol. The van der Waals surface area contributed by atoms with Crippen LogP contribution in [0.15, 0.2) is 36.4 Å². The molecule has 0 N–H and O–H groups in total. The molecule has 0 saturated carbocycles. The van der Waals surface area contributed by atoms with Crippen LogP contribution in [0.1, 0.15) is 25.3 Å². The number of hydrogen-bond donors (Lipinski definition) is 0. The van der Waals surface area contributed by atoms with E-state index in [-0.39, 0.29) is 11.9 Å². The molecule has 3 unspecified atom stereocenters. The van der Waals surface area contributed by atoms with Crippen molar-refractivity contribution in [1.82, 2.24) is 0 Å². The molecule has 3 atom stereocenters. The van der Waals surface area contributed by atoms with Crippen molar-refractivity contribution in [2.45, 2.75) is 26.2 Å². The summed E-state index contributed by atoms with van der Waals surface area (Å²) in [6.07, 6.45) is 7.23. The highest BCUT2D eigenvalue weighted by molar-refractivity contribution is 5.73. The molecule has 3 heteroatoms. The molecule has 3 rings (SSSR count). The molecule has 0 saturated heterocycles. The average molecular weight is 286 g/mol. The molecule has 2 aliphatic rings. The van der Waals surface area contributed by atoms with Crippen LogP contribution >= 0.6 is 0 Å². The first kappa shape index (κ1) is 14.2. The van der Waals surface area contributed by atoms with Gasteiger partial charge in [-0.25, -0.2) is 0 Å². The third kappa shape index (κ3) is 3.29. The minimum atomic E-state index is -0.172. The van der Waals surface area contributed by atoms with Crippen molar-refractivity contribution in [2.75, 3.05) is 13.2 Å². The quantitative estimate of drug-likeness (QED) is 0.631. The molecule has 0 spiro atoms. The molecule has 21 heavy (non-hydrogen) atoms. The lowest BCUT2D eigenvalue weighted by Crippen LogP contribution is -2.31. The van der Waals surface area contributed by atoms with Gasteiger partial charge in [0.2, 0.25) is 0 Å². The zero-order chi connectivity index (χ0) is 14.7. The molecule has 0 radical (unpaired) electrons. The summed E-state index contributed by atoms with van der Waals surface area (Å²) in [5.74, 6) is 1.65. The number of esters is 1. The highest BCUT2D eigenvalue weighted by Crippen LogP contribution is 2.28. The highest BCUT2D eigenvalue weighted by Gasteiger charge is 2.28. The van der Waals surface area contributed by atoms with E-state index in [4.69, 9.17) is 9.47 Å². The summed E-state index contributed by atoms with van der Waals surface area (Å²) in [4.78, 5) is 12.2. The van der Waals surface area contributed by atoms with Gasteiger partial charge in [-0.15, -0.1) is 0 Å². The second kappa shape index (κ2) is 6.33. The van der Waals surface area contributed by atoms with Gasteiger partial charge in [0.15, 0.2) is 0 Å². The maximum absolute atomic E-state index is 12.2. The number of carbonyl (C=O) groups is 1. The van der Waals surface area contributed by atoms with Crippen molar-refractivity contribution in [2.24, 2.45) is 17.8 Å². The van der Waals surface area contributed by atoms with Crippen LogP contribution in [0.3, 0.4) is 0 Å². The molecule has 112 valence electrons. The normalized spacial score (nSPS) is 27.6. The Morgan fingerprint density at radius 1 is 1.29 bits per heavy atom. The van der Waals surface area contributed by atoms with Crippen LogP contribution in [0.4, 0.5) is 0 Å². The van der Waals surface area contributed by atoms with E-state index in [1.54, 1.807) is 0 Å². The third-order valence-electron chi connectivity index (χ3n) is 4.57. The third-order valence-corrected chi connectivity index (χ3v) is 4.57. The summed E-state index contributed by atoms with van der Waals surface area (Å²) in [5.41, 5.74) is 1.10. The summed E-state index contributed by atoms with van der Waals surface area (Å²) in [6.45, 7) is 3.18. The molecular formula is C18H22O3. The zero-order valence-electron chi connectivity index (χ0n) is 12.5. The molecule has 1 aliphatic heterocycles. The summed E-state index contributed by atoms with van der Waals surface area (Å²) in [5, 5.41) is 0. The fourth-order valence-corrected chi connectivity index (χ4v) is 3.03. The van der Waals surface area contributed by atoms with Crippen molar-refractivity contribution >= 4 is 5.97 Å². The van der Waals surface area contributed by atoms with Gasteiger partial charge in [-0.3, -0.25) is 4.79 Å². The van der Waals surface area contributed by atoms with Gasteiger partial charge in [0.05, 0.1) is 12.5 Å². The minimum absolute atomic E-state index is 0.119. The van der Waals surface area contributed by atoms with Gasteiger partial charge in [0.25, 0.3) is 0 Å². The van der Waals surface area contributed by atoms with Crippen LogP contribution in [0, 0.1) is 17.8 Å². The Hall–Kier alpha value is -1.77. The monoisotopic (exact) mass is 286 g/mol. The number of rotatable bonds is 3. The van der Waals surface area contributed by atoms with E-state index in [1.807, 2.05) is 24.3 Å². The van der Waals surface area contributed by atoms with Crippen molar-refractivity contribution in [3.05, 3.63) is 42.0 Å². The van der Waals surface area contributed by atoms with Crippen LogP contribution in [0.5, 0.6) is 5.75 Å². The number of benzene rings is 1. The minimum Gasteiger partial charge on any atom is -0.492 e. The van der Waals surface area contributed by atoms with E-state index in [9.17, 15) is 4.79 Å². The van der Waals surface area contributed by atoms with Crippen LogP contribution in [0.25, 0.3) is 0 Å². The summed E-state index contributed by atoms with van der Waals surface area (Å²) in [6, 6.07) is 7.90. The van der Waals surface area contributed by atoms with E-state index in [0.717, 1.165) is 30.6 Å². The van der Waals surface area contributed by atoms with Crippen LogP contribution in [-0.4, -0.2) is 19.2 Å². The average Bonchev–Trinajstić information content (AvgIpc) is 2.53. The first-order valence-electron chi connectivity index (χ1n) is 7.76. The number of allylic oxidation sites excluding steroid dienone is 2. The predicted molar refractivity (Wildman–Crippen MR) is 81.1 cm³/mol. The second-order valence-electron chi connectivity index (χ2n) is 6.13. The number of hydrogen-bond acceptors (Lipinski definition) is 3.